The molecule has 19 heavy (non-hydrogen) atoms. The third-order valence-electron chi connectivity index (χ3n) is 3.02. The summed E-state index contributed by atoms with van der Waals surface area (Å²) in [5, 5.41) is 4.91. The van der Waals surface area contributed by atoms with E-state index < -0.39 is 0 Å². The maximum absolute atomic E-state index is 6.14. The van der Waals surface area contributed by atoms with Gasteiger partial charge in [0.2, 0.25) is 0 Å². The van der Waals surface area contributed by atoms with Crippen LogP contribution < -0.4 is 5.32 Å². The Bertz CT molecular complexity index is 611. The fourth-order valence-electron chi connectivity index (χ4n) is 1.83. The Morgan fingerprint density at radius 1 is 1.05 bits per heavy atom. The largest absolute Gasteiger partial charge is 0.380 e. The first-order valence-corrected chi connectivity index (χ1v) is 7.47. The predicted octanol–water partition coefficient (Wildman–Crippen LogP) is 5.98. The smallest absolute Gasteiger partial charge is 0.0502 e. The number of benzene rings is 2. The molecule has 0 atom stereocenters. The normalized spacial score (nSPS) is 10.6. The summed E-state index contributed by atoms with van der Waals surface area (Å²) in [7, 11) is 0. The van der Waals surface area contributed by atoms with Crippen LogP contribution in [0.15, 0.2) is 34.8 Å². The lowest BCUT2D eigenvalue weighted by Crippen LogP contribution is -2.02. The van der Waals surface area contributed by atoms with Crippen LogP contribution in [0.4, 0.5) is 5.69 Å². The second-order valence-electron chi connectivity index (χ2n) is 4.51. The Kier molecular flexibility index (Phi) is 4.77. The summed E-state index contributed by atoms with van der Waals surface area (Å²) in [6, 6.07) is 9.86. The lowest BCUT2D eigenvalue weighted by atomic mass is 10.1. The highest BCUT2D eigenvalue weighted by molar-refractivity contribution is 9.10. The topological polar surface area (TPSA) is 12.0 Å². The van der Waals surface area contributed by atoms with E-state index in [2.05, 4.69) is 28.2 Å². The molecular weight excluding hydrogens is 345 g/mol. The van der Waals surface area contributed by atoms with Crippen molar-refractivity contribution in [3.05, 3.63) is 61.5 Å². The zero-order chi connectivity index (χ0) is 14.0. The highest BCUT2D eigenvalue weighted by atomic mass is 79.9. The highest BCUT2D eigenvalue weighted by Crippen LogP contribution is 2.29. The molecule has 2 rings (SSSR count). The van der Waals surface area contributed by atoms with Gasteiger partial charge in [0, 0.05) is 21.1 Å². The summed E-state index contributed by atoms with van der Waals surface area (Å²) in [5.74, 6) is 0. The van der Waals surface area contributed by atoms with Crippen molar-refractivity contribution in [1.82, 2.24) is 0 Å². The van der Waals surface area contributed by atoms with E-state index in [1.165, 1.54) is 11.1 Å². The first kappa shape index (κ1) is 14.7. The summed E-state index contributed by atoms with van der Waals surface area (Å²) < 4.78 is 1.01. The van der Waals surface area contributed by atoms with Gasteiger partial charge in [0.05, 0.1) is 5.69 Å². The number of halogens is 3. The molecule has 0 spiro atoms. The van der Waals surface area contributed by atoms with Gasteiger partial charge in [-0.2, -0.15) is 0 Å². The maximum Gasteiger partial charge on any atom is 0.0502 e. The molecule has 0 amide bonds. The second-order valence-corrected chi connectivity index (χ2v) is 6.20. The molecular formula is C15H14BrCl2N. The van der Waals surface area contributed by atoms with Crippen LogP contribution >= 0.6 is 39.1 Å². The lowest BCUT2D eigenvalue weighted by Gasteiger charge is -2.12. The average molecular weight is 359 g/mol. The molecule has 0 heterocycles. The molecule has 0 unspecified atom stereocenters. The van der Waals surface area contributed by atoms with Crippen molar-refractivity contribution in [3.63, 3.8) is 0 Å². The maximum atomic E-state index is 6.14. The van der Waals surface area contributed by atoms with Gasteiger partial charge in [0.1, 0.15) is 0 Å². The minimum atomic E-state index is 0.737. The lowest BCUT2D eigenvalue weighted by molar-refractivity contribution is 1.12. The average Bonchev–Trinajstić information content (AvgIpc) is 2.34. The molecule has 0 aliphatic rings. The van der Waals surface area contributed by atoms with Crippen LogP contribution in [0.1, 0.15) is 16.7 Å². The molecule has 0 fully saturated rings. The van der Waals surface area contributed by atoms with E-state index in [0.29, 0.717) is 0 Å². The van der Waals surface area contributed by atoms with Gasteiger partial charge in [-0.25, -0.2) is 0 Å². The molecule has 1 nitrogen and oxygen atoms in total. The summed E-state index contributed by atoms with van der Waals surface area (Å²) >= 11 is 15.6. The van der Waals surface area contributed by atoms with Crippen molar-refractivity contribution in [2.75, 3.05) is 5.32 Å². The van der Waals surface area contributed by atoms with E-state index in [1.54, 1.807) is 0 Å². The van der Waals surface area contributed by atoms with Crippen LogP contribution in [0.3, 0.4) is 0 Å². The van der Waals surface area contributed by atoms with Crippen LogP contribution in [0, 0.1) is 13.8 Å². The van der Waals surface area contributed by atoms with Crippen molar-refractivity contribution in [2.45, 2.75) is 20.4 Å². The minimum absolute atomic E-state index is 0.737. The van der Waals surface area contributed by atoms with Crippen LogP contribution in [0.2, 0.25) is 10.0 Å². The fourth-order valence-corrected chi connectivity index (χ4v) is 2.82. The number of nitrogens with one attached hydrogen (secondary N) is 1. The van der Waals surface area contributed by atoms with Gasteiger partial charge in [0.15, 0.2) is 0 Å². The first-order chi connectivity index (χ1) is 8.97. The Balaban J connectivity index is 2.16. The van der Waals surface area contributed by atoms with Crippen LogP contribution in [-0.4, -0.2) is 0 Å². The van der Waals surface area contributed by atoms with Gasteiger partial charge in [-0.15, -0.1) is 0 Å². The third kappa shape index (κ3) is 3.65. The van der Waals surface area contributed by atoms with Crippen LogP contribution in [0.5, 0.6) is 0 Å². The zero-order valence-corrected chi connectivity index (χ0v) is 13.8. The highest BCUT2D eigenvalue weighted by Gasteiger charge is 2.05. The van der Waals surface area contributed by atoms with Crippen molar-refractivity contribution in [1.29, 1.82) is 0 Å². The standard InChI is InChI=1S/C15H14BrCl2N/c1-9-5-12(17)4-3-11(9)8-19-15-7-14(18)10(2)6-13(15)16/h3-7,19H,8H2,1-2H3. The molecule has 0 aliphatic heterocycles. The molecule has 100 valence electrons. The Labute approximate surface area is 132 Å². The number of aryl methyl sites for hydroxylation is 2. The molecule has 0 bridgehead atoms. The molecule has 0 aliphatic carbocycles. The van der Waals surface area contributed by atoms with Gasteiger partial charge in [-0.3, -0.25) is 0 Å². The molecule has 0 saturated heterocycles. The van der Waals surface area contributed by atoms with Gasteiger partial charge in [-0.1, -0.05) is 29.3 Å². The zero-order valence-electron chi connectivity index (χ0n) is 10.7. The third-order valence-corrected chi connectivity index (χ3v) is 4.32. The fraction of sp³-hybridized carbons (Fsp3) is 0.200. The van der Waals surface area contributed by atoms with Gasteiger partial charge >= 0.3 is 0 Å². The number of anilines is 1. The minimum Gasteiger partial charge on any atom is -0.380 e. The molecule has 0 radical (unpaired) electrons. The van der Waals surface area contributed by atoms with E-state index in [9.17, 15) is 0 Å². The van der Waals surface area contributed by atoms with E-state index in [4.69, 9.17) is 23.2 Å². The Hall–Kier alpha value is -0.700. The van der Waals surface area contributed by atoms with Crippen LogP contribution in [-0.2, 0) is 6.54 Å². The summed E-state index contributed by atoms with van der Waals surface area (Å²) in [5.41, 5.74) is 4.44. The van der Waals surface area contributed by atoms with Gasteiger partial charge in [0.25, 0.3) is 0 Å². The first-order valence-electron chi connectivity index (χ1n) is 5.92. The quantitative estimate of drug-likeness (QED) is 0.710. The summed E-state index contributed by atoms with van der Waals surface area (Å²) in [6.07, 6.45) is 0. The SMILES string of the molecule is Cc1cc(Br)c(NCc2ccc(Cl)cc2C)cc1Cl. The molecule has 0 saturated carbocycles. The van der Waals surface area contributed by atoms with E-state index >= 15 is 0 Å². The van der Waals surface area contributed by atoms with Gasteiger partial charge in [-0.05, 0) is 70.7 Å². The van der Waals surface area contributed by atoms with Gasteiger partial charge < -0.3 is 5.32 Å². The number of rotatable bonds is 3. The molecule has 2 aromatic carbocycles. The summed E-state index contributed by atoms with van der Waals surface area (Å²) in [6.45, 7) is 4.78. The van der Waals surface area contributed by atoms with Crippen molar-refractivity contribution in [2.24, 2.45) is 0 Å². The number of hydrogen-bond acceptors (Lipinski definition) is 1. The van der Waals surface area contributed by atoms with Crippen LogP contribution in [0.25, 0.3) is 0 Å². The van der Waals surface area contributed by atoms with E-state index in [0.717, 1.165) is 32.3 Å². The Morgan fingerprint density at radius 3 is 2.47 bits per heavy atom. The molecule has 0 aromatic heterocycles. The Morgan fingerprint density at radius 2 is 1.79 bits per heavy atom. The molecule has 4 heteroatoms. The van der Waals surface area contributed by atoms with E-state index in [1.807, 2.05) is 37.3 Å². The summed E-state index contributed by atoms with van der Waals surface area (Å²) in [4.78, 5) is 0. The second kappa shape index (κ2) is 6.17. The van der Waals surface area contributed by atoms with Crippen molar-refractivity contribution < 1.29 is 0 Å². The number of hydrogen-bond donors (Lipinski definition) is 1. The van der Waals surface area contributed by atoms with E-state index in [-0.39, 0.29) is 0 Å². The van der Waals surface area contributed by atoms with Crippen molar-refractivity contribution in [3.8, 4) is 0 Å². The molecule has 2 aromatic rings. The van der Waals surface area contributed by atoms with Crippen molar-refractivity contribution >= 4 is 44.8 Å². The predicted molar refractivity (Wildman–Crippen MR) is 87.4 cm³/mol. The monoisotopic (exact) mass is 357 g/mol. The molecule has 1 N–H and O–H groups in total.